The lowest BCUT2D eigenvalue weighted by molar-refractivity contribution is 0.593. The molecule has 4 aromatic rings. The first kappa shape index (κ1) is 12.2. The van der Waals surface area contributed by atoms with Crippen molar-refractivity contribution in [1.29, 1.82) is 0 Å². The Bertz CT molecular complexity index is 890. The summed E-state index contributed by atoms with van der Waals surface area (Å²) in [6.07, 6.45) is 0. The summed E-state index contributed by atoms with van der Waals surface area (Å²) in [4.78, 5) is 7.78. The van der Waals surface area contributed by atoms with E-state index < -0.39 is 0 Å². The summed E-state index contributed by atoms with van der Waals surface area (Å²) in [6.45, 7) is 0. The Labute approximate surface area is 126 Å². The smallest absolute Gasteiger partial charge is 0.174 e. The second-order valence-electron chi connectivity index (χ2n) is 4.75. The Morgan fingerprint density at radius 2 is 1.62 bits per heavy atom. The largest absolute Gasteiger partial charge is 0.453 e. The van der Waals surface area contributed by atoms with Gasteiger partial charge in [-0.2, -0.15) is 0 Å². The van der Waals surface area contributed by atoms with Crippen molar-refractivity contribution in [3.05, 3.63) is 65.7 Å². The van der Waals surface area contributed by atoms with Crippen LogP contribution < -0.4 is 0 Å². The van der Waals surface area contributed by atoms with Crippen LogP contribution in [0.25, 0.3) is 33.9 Å². The minimum absolute atomic E-state index is 0.669. The molecule has 102 valence electrons. The molecule has 0 radical (unpaired) electrons. The Balaban J connectivity index is 1.79. The molecule has 21 heavy (non-hydrogen) atoms. The van der Waals surface area contributed by atoms with Crippen molar-refractivity contribution in [2.45, 2.75) is 0 Å². The number of imidazole rings is 1. The molecule has 1 N–H and O–H groups in total. The molecule has 4 rings (SSSR count). The first-order chi connectivity index (χ1) is 10.3. The van der Waals surface area contributed by atoms with Gasteiger partial charge in [-0.25, -0.2) is 4.98 Å². The number of rotatable bonds is 2. The Kier molecular flexibility index (Phi) is 2.79. The quantitative estimate of drug-likeness (QED) is 0.556. The van der Waals surface area contributed by atoms with Crippen LogP contribution in [0.5, 0.6) is 0 Å². The Hall–Kier alpha value is -2.52. The van der Waals surface area contributed by atoms with Gasteiger partial charge in [0.05, 0.1) is 16.1 Å². The third-order valence-corrected chi connectivity index (χ3v) is 3.70. The predicted octanol–water partition coefficient (Wildman–Crippen LogP) is 5.14. The van der Waals surface area contributed by atoms with E-state index in [9.17, 15) is 0 Å². The van der Waals surface area contributed by atoms with Crippen LogP contribution in [0.4, 0.5) is 0 Å². The zero-order chi connectivity index (χ0) is 14.2. The predicted molar refractivity (Wildman–Crippen MR) is 84.2 cm³/mol. The van der Waals surface area contributed by atoms with Crippen LogP contribution in [0.1, 0.15) is 0 Å². The number of halogens is 1. The van der Waals surface area contributed by atoms with Gasteiger partial charge in [-0.1, -0.05) is 35.9 Å². The fourth-order valence-electron chi connectivity index (χ4n) is 2.34. The number of nitrogens with zero attached hydrogens (tertiary/aromatic N) is 1. The Morgan fingerprint density at radius 3 is 2.48 bits per heavy atom. The van der Waals surface area contributed by atoms with Crippen LogP contribution in [0.2, 0.25) is 5.02 Å². The van der Waals surface area contributed by atoms with Crippen molar-refractivity contribution in [3.63, 3.8) is 0 Å². The number of benzene rings is 2. The van der Waals surface area contributed by atoms with Gasteiger partial charge in [0.2, 0.25) is 0 Å². The van der Waals surface area contributed by atoms with Crippen molar-refractivity contribution < 1.29 is 4.42 Å². The number of aromatic amines is 1. The monoisotopic (exact) mass is 294 g/mol. The summed E-state index contributed by atoms with van der Waals surface area (Å²) in [5.74, 6) is 2.15. The van der Waals surface area contributed by atoms with Crippen molar-refractivity contribution >= 4 is 22.6 Å². The van der Waals surface area contributed by atoms with Gasteiger partial charge < -0.3 is 9.40 Å². The van der Waals surface area contributed by atoms with Crippen LogP contribution >= 0.6 is 11.6 Å². The molecule has 0 spiro atoms. The molecule has 0 aliphatic rings. The number of hydrogen-bond donors (Lipinski definition) is 1. The SMILES string of the molecule is Clc1ccccc1-c1ccc(-c2nc3ccccc3[nH]2)o1. The van der Waals surface area contributed by atoms with E-state index in [1.54, 1.807) is 0 Å². The van der Waals surface area contributed by atoms with E-state index in [0.29, 0.717) is 10.8 Å². The first-order valence-corrected chi connectivity index (χ1v) is 6.99. The van der Waals surface area contributed by atoms with E-state index in [2.05, 4.69) is 9.97 Å². The summed E-state index contributed by atoms with van der Waals surface area (Å²) in [7, 11) is 0. The van der Waals surface area contributed by atoms with Gasteiger partial charge in [-0.05, 0) is 36.4 Å². The van der Waals surface area contributed by atoms with E-state index in [4.69, 9.17) is 16.0 Å². The van der Waals surface area contributed by atoms with E-state index in [0.717, 1.165) is 28.2 Å². The summed E-state index contributed by atoms with van der Waals surface area (Å²) >= 11 is 6.19. The molecule has 2 aromatic carbocycles. The highest BCUT2D eigenvalue weighted by molar-refractivity contribution is 6.33. The van der Waals surface area contributed by atoms with Gasteiger partial charge >= 0.3 is 0 Å². The standard InChI is InChI=1S/C17H11ClN2O/c18-12-6-2-1-5-11(12)15-9-10-16(21-15)17-19-13-7-3-4-8-14(13)20-17/h1-10H,(H,19,20). The second-order valence-corrected chi connectivity index (χ2v) is 5.15. The van der Waals surface area contributed by atoms with Gasteiger partial charge in [0.25, 0.3) is 0 Å². The molecule has 3 nitrogen and oxygen atoms in total. The number of aromatic nitrogens is 2. The van der Waals surface area contributed by atoms with Crippen molar-refractivity contribution in [1.82, 2.24) is 9.97 Å². The maximum Gasteiger partial charge on any atom is 0.174 e. The molecule has 2 aromatic heterocycles. The van der Waals surface area contributed by atoms with Crippen LogP contribution in [0.15, 0.2) is 65.1 Å². The number of H-pyrrole nitrogens is 1. The first-order valence-electron chi connectivity index (χ1n) is 6.61. The van der Waals surface area contributed by atoms with Crippen LogP contribution in [-0.2, 0) is 0 Å². The second kappa shape index (κ2) is 4.79. The van der Waals surface area contributed by atoms with Gasteiger partial charge in [0.15, 0.2) is 11.6 Å². The average Bonchev–Trinajstić information content (AvgIpc) is 3.14. The molecule has 0 saturated heterocycles. The molecule has 0 amide bonds. The molecular formula is C17H11ClN2O. The maximum atomic E-state index is 6.19. The summed E-state index contributed by atoms with van der Waals surface area (Å²) in [5, 5.41) is 0.669. The van der Waals surface area contributed by atoms with Gasteiger partial charge in [0, 0.05) is 5.56 Å². The summed E-state index contributed by atoms with van der Waals surface area (Å²) in [5.41, 5.74) is 2.79. The minimum atomic E-state index is 0.669. The third kappa shape index (κ3) is 2.12. The highest BCUT2D eigenvalue weighted by Crippen LogP contribution is 2.32. The number of fused-ring (bicyclic) bond motifs is 1. The topological polar surface area (TPSA) is 41.8 Å². The van der Waals surface area contributed by atoms with Crippen LogP contribution in [0, 0.1) is 0 Å². The maximum absolute atomic E-state index is 6.19. The third-order valence-electron chi connectivity index (χ3n) is 3.37. The van der Waals surface area contributed by atoms with E-state index in [1.165, 1.54) is 0 Å². The van der Waals surface area contributed by atoms with E-state index >= 15 is 0 Å². The van der Waals surface area contributed by atoms with E-state index in [-0.39, 0.29) is 0 Å². The summed E-state index contributed by atoms with van der Waals surface area (Å²) < 4.78 is 5.89. The summed E-state index contributed by atoms with van der Waals surface area (Å²) in [6, 6.07) is 19.3. The molecule has 4 heteroatoms. The highest BCUT2D eigenvalue weighted by Gasteiger charge is 2.12. The zero-order valence-corrected chi connectivity index (χ0v) is 11.8. The molecule has 0 atom stereocenters. The molecule has 0 aliphatic heterocycles. The van der Waals surface area contributed by atoms with Crippen molar-refractivity contribution in [2.24, 2.45) is 0 Å². The van der Waals surface area contributed by atoms with Gasteiger partial charge in [0.1, 0.15) is 5.76 Å². The molecule has 0 aliphatic carbocycles. The molecule has 0 unspecified atom stereocenters. The minimum Gasteiger partial charge on any atom is -0.453 e. The van der Waals surface area contributed by atoms with Crippen molar-refractivity contribution in [3.8, 4) is 22.9 Å². The number of furan rings is 1. The highest BCUT2D eigenvalue weighted by atomic mass is 35.5. The number of nitrogens with one attached hydrogen (secondary N) is 1. The van der Waals surface area contributed by atoms with Gasteiger partial charge in [-0.15, -0.1) is 0 Å². The average molecular weight is 295 g/mol. The molecule has 0 saturated carbocycles. The van der Waals surface area contributed by atoms with Crippen LogP contribution in [0.3, 0.4) is 0 Å². The lowest BCUT2D eigenvalue weighted by Gasteiger charge is -1.99. The number of hydrogen-bond acceptors (Lipinski definition) is 2. The molecule has 0 bridgehead atoms. The number of para-hydroxylation sites is 2. The molecular weight excluding hydrogens is 284 g/mol. The van der Waals surface area contributed by atoms with Crippen molar-refractivity contribution in [2.75, 3.05) is 0 Å². The molecule has 2 heterocycles. The van der Waals surface area contributed by atoms with Crippen LogP contribution in [-0.4, -0.2) is 9.97 Å². The lowest BCUT2D eigenvalue weighted by atomic mass is 10.2. The normalized spacial score (nSPS) is 11.1. The van der Waals surface area contributed by atoms with E-state index in [1.807, 2.05) is 60.7 Å². The lowest BCUT2D eigenvalue weighted by Crippen LogP contribution is -1.76. The fraction of sp³-hybridized carbons (Fsp3) is 0. The molecule has 0 fully saturated rings. The van der Waals surface area contributed by atoms with Gasteiger partial charge in [-0.3, -0.25) is 0 Å². The zero-order valence-electron chi connectivity index (χ0n) is 11.0. The Morgan fingerprint density at radius 1 is 0.857 bits per heavy atom. The fourth-order valence-corrected chi connectivity index (χ4v) is 2.57.